The van der Waals surface area contributed by atoms with Gasteiger partial charge in [-0.15, -0.1) is 11.3 Å². The Labute approximate surface area is 142 Å². The summed E-state index contributed by atoms with van der Waals surface area (Å²) in [6.07, 6.45) is 6.84. The molecule has 1 amide bonds. The molecule has 0 saturated heterocycles. The Bertz CT molecular complexity index is 732. The molecule has 2 heterocycles. The number of nitriles is 1. The largest absolute Gasteiger partial charge is 0.316 e. The average molecular weight is 347 g/mol. The average Bonchev–Trinajstić information content (AvgIpc) is 3.09. The number of nitrogens with zero attached hydrogens (tertiary/aromatic N) is 3. The number of fused-ring (bicyclic) bond motifs is 1. The molecule has 2 N–H and O–H groups in total. The van der Waals surface area contributed by atoms with Crippen LogP contribution in [0.3, 0.4) is 0 Å². The van der Waals surface area contributed by atoms with E-state index in [0.717, 1.165) is 31.2 Å². The first kappa shape index (κ1) is 16.0. The van der Waals surface area contributed by atoms with Crippen LogP contribution < -0.4 is 5.32 Å². The minimum Gasteiger partial charge on any atom is -0.316 e. The van der Waals surface area contributed by atoms with Gasteiger partial charge in [0.05, 0.1) is 10.8 Å². The number of rotatable bonds is 4. The number of H-pyrrole nitrogens is 1. The number of thiophene rings is 1. The fourth-order valence-corrected chi connectivity index (χ4v) is 4.59. The van der Waals surface area contributed by atoms with Gasteiger partial charge < -0.3 is 5.32 Å². The van der Waals surface area contributed by atoms with Gasteiger partial charge in [-0.1, -0.05) is 18.2 Å². The van der Waals surface area contributed by atoms with Crippen molar-refractivity contribution in [3.05, 3.63) is 22.3 Å². The second-order valence-electron chi connectivity index (χ2n) is 5.42. The molecular formula is C15H17N5OS2. The predicted molar refractivity (Wildman–Crippen MR) is 90.6 cm³/mol. The lowest BCUT2D eigenvalue weighted by Crippen LogP contribution is -2.22. The van der Waals surface area contributed by atoms with Crippen molar-refractivity contribution in [2.24, 2.45) is 0 Å². The van der Waals surface area contributed by atoms with Crippen molar-refractivity contribution in [3.63, 3.8) is 0 Å². The lowest BCUT2D eigenvalue weighted by Gasteiger charge is -2.09. The summed E-state index contributed by atoms with van der Waals surface area (Å²) in [4.78, 5) is 17.7. The zero-order valence-electron chi connectivity index (χ0n) is 12.8. The van der Waals surface area contributed by atoms with E-state index >= 15 is 0 Å². The molecule has 2 aromatic rings. The Morgan fingerprint density at radius 3 is 3.04 bits per heavy atom. The van der Waals surface area contributed by atoms with Gasteiger partial charge in [-0.3, -0.25) is 9.89 Å². The normalized spacial score (nSPS) is 15.3. The second-order valence-corrected chi connectivity index (χ2v) is 7.86. The molecule has 1 atom stereocenters. The number of amides is 1. The number of anilines is 1. The van der Waals surface area contributed by atoms with E-state index in [2.05, 4.69) is 26.6 Å². The van der Waals surface area contributed by atoms with Crippen LogP contribution in [0.15, 0.2) is 11.5 Å². The number of carbonyl (C=O) groups is 1. The van der Waals surface area contributed by atoms with Crippen molar-refractivity contribution < 1.29 is 4.79 Å². The highest BCUT2D eigenvalue weighted by atomic mass is 32.2. The first-order valence-corrected chi connectivity index (χ1v) is 9.26. The number of nitrogens with one attached hydrogen (secondary N) is 2. The van der Waals surface area contributed by atoms with Gasteiger partial charge >= 0.3 is 0 Å². The van der Waals surface area contributed by atoms with Gasteiger partial charge in [-0.05, 0) is 38.2 Å². The molecule has 0 aliphatic heterocycles. The zero-order chi connectivity index (χ0) is 16.2. The van der Waals surface area contributed by atoms with E-state index < -0.39 is 0 Å². The zero-order valence-corrected chi connectivity index (χ0v) is 14.4. The SMILES string of the molecule is C[C@@H](Sc1ncn[nH]1)C(=O)Nc1sc2c(c1C#N)CCCCC2. The highest BCUT2D eigenvalue weighted by Gasteiger charge is 2.23. The maximum Gasteiger partial charge on any atom is 0.238 e. The van der Waals surface area contributed by atoms with E-state index in [1.165, 1.54) is 29.4 Å². The first-order chi connectivity index (χ1) is 11.2. The number of thioether (sulfide) groups is 1. The van der Waals surface area contributed by atoms with Crippen LogP contribution >= 0.6 is 23.1 Å². The van der Waals surface area contributed by atoms with Crippen LogP contribution in [0.25, 0.3) is 0 Å². The molecular weight excluding hydrogens is 330 g/mol. The molecule has 1 aliphatic rings. The molecule has 0 spiro atoms. The summed E-state index contributed by atoms with van der Waals surface area (Å²) in [6.45, 7) is 1.81. The molecule has 6 nitrogen and oxygen atoms in total. The van der Waals surface area contributed by atoms with Crippen molar-refractivity contribution in [2.75, 3.05) is 5.32 Å². The third-order valence-corrected chi connectivity index (χ3v) is 6.02. The number of carbonyl (C=O) groups excluding carboxylic acids is 1. The van der Waals surface area contributed by atoms with Crippen LogP contribution in [0.5, 0.6) is 0 Å². The summed E-state index contributed by atoms with van der Waals surface area (Å²) in [5, 5.41) is 19.9. The summed E-state index contributed by atoms with van der Waals surface area (Å²) in [5.41, 5.74) is 1.79. The number of aromatic nitrogens is 3. The Balaban J connectivity index is 1.74. The molecule has 120 valence electrons. The van der Waals surface area contributed by atoms with Crippen LogP contribution in [-0.4, -0.2) is 26.3 Å². The van der Waals surface area contributed by atoms with E-state index in [9.17, 15) is 10.1 Å². The Morgan fingerprint density at radius 2 is 2.30 bits per heavy atom. The van der Waals surface area contributed by atoms with Gasteiger partial charge in [0.1, 0.15) is 17.4 Å². The van der Waals surface area contributed by atoms with Crippen molar-refractivity contribution in [1.82, 2.24) is 15.2 Å². The monoisotopic (exact) mass is 347 g/mol. The molecule has 23 heavy (non-hydrogen) atoms. The minimum atomic E-state index is -0.323. The summed E-state index contributed by atoms with van der Waals surface area (Å²) >= 11 is 2.86. The summed E-state index contributed by atoms with van der Waals surface area (Å²) in [7, 11) is 0. The van der Waals surface area contributed by atoms with E-state index in [1.54, 1.807) is 11.3 Å². The van der Waals surface area contributed by atoms with Gasteiger partial charge in [0.15, 0.2) is 5.16 Å². The van der Waals surface area contributed by atoms with Gasteiger partial charge in [-0.25, -0.2) is 4.98 Å². The number of hydrogen-bond acceptors (Lipinski definition) is 6. The number of aromatic amines is 1. The van der Waals surface area contributed by atoms with Crippen molar-refractivity contribution >= 4 is 34.0 Å². The fraction of sp³-hybridized carbons (Fsp3) is 0.467. The van der Waals surface area contributed by atoms with Gasteiger partial charge in [0, 0.05) is 4.88 Å². The van der Waals surface area contributed by atoms with Gasteiger partial charge in [0.25, 0.3) is 0 Å². The Morgan fingerprint density at radius 1 is 1.48 bits per heavy atom. The van der Waals surface area contributed by atoms with E-state index in [-0.39, 0.29) is 11.2 Å². The predicted octanol–water partition coefficient (Wildman–Crippen LogP) is 3.13. The third kappa shape index (κ3) is 3.57. The highest BCUT2D eigenvalue weighted by Crippen LogP contribution is 2.37. The topological polar surface area (TPSA) is 94.5 Å². The second kappa shape index (κ2) is 7.15. The maximum absolute atomic E-state index is 12.4. The number of hydrogen-bond donors (Lipinski definition) is 2. The van der Waals surface area contributed by atoms with Crippen LogP contribution in [0, 0.1) is 11.3 Å². The van der Waals surface area contributed by atoms with E-state index in [0.29, 0.717) is 15.7 Å². The molecule has 3 rings (SSSR count). The molecule has 0 aromatic carbocycles. The molecule has 0 fully saturated rings. The van der Waals surface area contributed by atoms with Gasteiger partial charge in [-0.2, -0.15) is 10.4 Å². The fourth-order valence-electron chi connectivity index (χ4n) is 2.63. The Kier molecular flexibility index (Phi) is 4.98. The first-order valence-electron chi connectivity index (χ1n) is 7.56. The highest BCUT2D eigenvalue weighted by molar-refractivity contribution is 8.00. The lowest BCUT2D eigenvalue weighted by molar-refractivity contribution is -0.115. The quantitative estimate of drug-likeness (QED) is 0.654. The Hall–Kier alpha value is -1.85. The summed E-state index contributed by atoms with van der Waals surface area (Å²) < 4.78 is 0. The third-order valence-electron chi connectivity index (χ3n) is 3.82. The molecule has 2 aromatic heterocycles. The van der Waals surface area contributed by atoms with Crippen LogP contribution in [0.2, 0.25) is 0 Å². The van der Waals surface area contributed by atoms with Gasteiger partial charge in [0.2, 0.25) is 5.91 Å². The molecule has 1 aliphatic carbocycles. The maximum atomic E-state index is 12.4. The van der Waals surface area contributed by atoms with Crippen LogP contribution in [0.1, 0.15) is 42.2 Å². The molecule has 0 unspecified atom stereocenters. The summed E-state index contributed by atoms with van der Waals surface area (Å²) in [6, 6.07) is 2.28. The summed E-state index contributed by atoms with van der Waals surface area (Å²) in [5.74, 6) is -0.126. The molecule has 0 saturated carbocycles. The smallest absolute Gasteiger partial charge is 0.238 e. The molecule has 0 radical (unpaired) electrons. The molecule has 0 bridgehead atoms. The molecule has 8 heteroatoms. The number of aryl methyl sites for hydroxylation is 1. The van der Waals surface area contributed by atoms with E-state index in [1.807, 2.05) is 6.92 Å². The van der Waals surface area contributed by atoms with Crippen molar-refractivity contribution in [1.29, 1.82) is 5.26 Å². The standard InChI is InChI=1S/C15H17N5OS2/c1-9(22-15-17-8-18-20-15)13(21)19-14-11(7-16)10-5-3-2-4-6-12(10)23-14/h8-9H,2-6H2,1H3,(H,19,21)(H,17,18,20)/t9-/m1/s1. The van der Waals surface area contributed by atoms with Crippen LogP contribution in [0.4, 0.5) is 5.00 Å². The van der Waals surface area contributed by atoms with Crippen molar-refractivity contribution in [3.8, 4) is 6.07 Å². The lowest BCUT2D eigenvalue weighted by atomic mass is 10.1. The van der Waals surface area contributed by atoms with E-state index in [4.69, 9.17) is 0 Å². The van der Waals surface area contributed by atoms with Crippen LogP contribution in [-0.2, 0) is 17.6 Å². The minimum absolute atomic E-state index is 0.126. The van der Waals surface area contributed by atoms with Crippen molar-refractivity contribution in [2.45, 2.75) is 49.4 Å².